The Hall–Kier alpha value is -2.38. The van der Waals surface area contributed by atoms with Crippen molar-refractivity contribution in [2.75, 3.05) is 18.4 Å². The minimum atomic E-state index is -3.58. The summed E-state index contributed by atoms with van der Waals surface area (Å²) in [5.74, 6) is -0.107. The van der Waals surface area contributed by atoms with E-state index in [9.17, 15) is 13.2 Å². The predicted molar refractivity (Wildman–Crippen MR) is 114 cm³/mol. The molecule has 1 saturated heterocycles. The predicted octanol–water partition coefficient (Wildman–Crippen LogP) is 3.26. The molecule has 2 aliphatic rings. The highest BCUT2D eigenvalue weighted by Crippen LogP contribution is 2.35. The zero-order valence-corrected chi connectivity index (χ0v) is 18.1. The van der Waals surface area contributed by atoms with Crippen molar-refractivity contribution in [3.63, 3.8) is 0 Å². The Labute approximate surface area is 172 Å². The van der Waals surface area contributed by atoms with Gasteiger partial charge >= 0.3 is 0 Å². The van der Waals surface area contributed by atoms with E-state index in [2.05, 4.69) is 10.6 Å². The zero-order chi connectivity index (χ0) is 21.0. The summed E-state index contributed by atoms with van der Waals surface area (Å²) >= 11 is 0. The van der Waals surface area contributed by atoms with Crippen molar-refractivity contribution in [1.82, 2.24) is 9.62 Å². The lowest BCUT2D eigenvalue weighted by Crippen LogP contribution is -2.62. The van der Waals surface area contributed by atoms with Gasteiger partial charge in [0, 0.05) is 25.9 Å². The van der Waals surface area contributed by atoms with E-state index in [-0.39, 0.29) is 5.91 Å². The number of nitrogens with zero attached hydrogens (tertiary/aromatic N) is 1. The number of para-hydroxylation sites is 1. The first-order chi connectivity index (χ1) is 13.6. The van der Waals surface area contributed by atoms with Crippen LogP contribution < -0.4 is 10.6 Å². The van der Waals surface area contributed by atoms with Crippen LogP contribution in [0.5, 0.6) is 0 Å². The first-order valence-electron chi connectivity index (χ1n) is 9.91. The van der Waals surface area contributed by atoms with Gasteiger partial charge in [-0.15, -0.1) is 0 Å². The fraction of sp³-hybridized carbons (Fsp3) is 0.409. The van der Waals surface area contributed by atoms with Gasteiger partial charge in [0.1, 0.15) is 5.66 Å². The maximum atomic E-state index is 13.3. The van der Waals surface area contributed by atoms with Crippen molar-refractivity contribution in [3.8, 4) is 0 Å². The molecule has 29 heavy (non-hydrogen) atoms. The summed E-state index contributed by atoms with van der Waals surface area (Å²) in [6.45, 7) is 8.34. The molecule has 1 spiro atoms. The van der Waals surface area contributed by atoms with E-state index in [1.165, 1.54) is 0 Å². The van der Waals surface area contributed by atoms with E-state index in [1.54, 1.807) is 10.4 Å². The van der Waals surface area contributed by atoms with Gasteiger partial charge in [0.05, 0.1) is 16.1 Å². The lowest BCUT2D eigenvalue weighted by atomic mass is 9.92. The van der Waals surface area contributed by atoms with Crippen LogP contribution in [-0.4, -0.2) is 37.4 Å². The number of fused-ring (bicyclic) bond motifs is 1. The van der Waals surface area contributed by atoms with Crippen LogP contribution in [0, 0.1) is 27.7 Å². The van der Waals surface area contributed by atoms with Crippen LogP contribution in [0.3, 0.4) is 0 Å². The number of carbonyl (C=O) groups is 1. The van der Waals surface area contributed by atoms with Crippen LogP contribution in [0.15, 0.2) is 35.2 Å². The molecule has 154 valence electrons. The second-order valence-corrected chi connectivity index (χ2v) is 10.2. The third kappa shape index (κ3) is 3.32. The van der Waals surface area contributed by atoms with Crippen molar-refractivity contribution in [2.45, 2.75) is 51.1 Å². The lowest BCUT2D eigenvalue weighted by Gasteiger charge is -2.46. The van der Waals surface area contributed by atoms with Crippen LogP contribution >= 0.6 is 0 Å². The second kappa shape index (κ2) is 6.85. The van der Waals surface area contributed by atoms with E-state index >= 15 is 0 Å². The van der Waals surface area contributed by atoms with Crippen LogP contribution in [0.4, 0.5) is 5.69 Å². The fourth-order valence-corrected chi connectivity index (χ4v) is 6.49. The Morgan fingerprint density at radius 3 is 2.17 bits per heavy atom. The number of piperidine rings is 1. The standard InChI is InChI=1S/C22H27N3O3S/c1-14-12-16(3)20(17(4)13-14)29(27,28)25-10-8-22(9-11-25)23-19-15(2)6-5-7-18(19)21(26)24-22/h5-7,12-13,23H,8-11H2,1-4H3,(H,24,26). The Balaban J connectivity index is 1.59. The highest BCUT2D eigenvalue weighted by atomic mass is 32.2. The SMILES string of the molecule is Cc1cc(C)c(S(=O)(=O)N2CCC3(CC2)NC(=O)c2cccc(C)c2N3)c(C)c1. The number of benzene rings is 2. The van der Waals surface area contributed by atoms with Gasteiger partial charge < -0.3 is 10.6 Å². The number of rotatable bonds is 2. The molecule has 0 aliphatic carbocycles. The first-order valence-corrected chi connectivity index (χ1v) is 11.4. The number of hydrogen-bond donors (Lipinski definition) is 2. The minimum Gasteiger partial charge on any atom is -0.362 e. The molecule has 0 unspecified atom stereocenters. The van der Waals surface area contributed by atoms with Gasteiger partial charge in [-0.1, -0.05) is 29.8 Å². The van der Waals surface area contributed by atoms with Gasteiger partial charge in [0.2, 0.25) is 10.0 Å². The van der Waals surface area contributed by atoms with Gasteiger partial charge in [-0.3, -0.25) is 4.79 Å². The number of nitrogens with one attached hydrogen (secondary N) is 2. The van der Waals surface area contributed by atoms with Crippen molar-refractivity contribution >= 4 is 21.6 Å². The molecule has 1 amide bonds. The largest absolute Gasteiger partial charge is 0.362 e. The number of amides is 1. The molecule has 6 nitrogen and oxygen atoms in total. The van der Waals surface area contributed by atoms with Gasteiger partial charge in [-0.05, 0) is 50.5 Å². The summed E-state index contributed by atoms with van der Waals surface area (Å²) < 4.78 is 28.2. The molecule has 4 rings (SSSR count). The highest BCUT2D eigenvalue weighted by Gasteiger charge is 2.43. The van der Waals surface area contributed by atoms with Gasteiger partial charge in [-0.2, -0.15) is 4.31 Å². The number of anilines is 1. The topological polar surface area (TPSA) is 78.5 Å². The summed E-state index contributed by atoms with van der Waals surface area (Å²) in [5, 5.41) is 6.59. The molecule has 7 heteroatoms. The number of sulfonamides is 1. The first kappa shape index (κ1) is 19.9. The van der Waals surface area contributed by atoms with Crippen LogP contribution in [0.25, 0.3) is 0 Å². The van der Waals surface area contributed by atoms with Crippen LogP contribution in [-0.2, 0) is 10.0 Å². The molecule has 0 radical (unpaired) electrons. The minimum absolute atomic E-state index is 0.107. The molecule has 0 bridgehead atoms. The van der Waals surface area contributed by atoms with E-state index in [1.807, 2.05) is 52.0 Å². The number of aryl methyl sites for hydroxylation is 4. The maximum Gasteiger partial charge on any atom is 0.255 e. The summed E-state index contributed by atoms with van der Waals surface area (Å²) in [6, 6.07) is 9.47. The molecule has 2 aliphatic heterocycles. The molecule has 0 atom stereocenters. The molecular weight excluding hydrogens is 386 g/mol. The molecule has 1 fully saturated rings. The third-order valence-corrected chi connectivity index (χ3v) is 8.22. The van der Waals surface area contributed by atoms with E-state index < -0.39 is 15.7 Å². The van der Waals surface area contributed by atoms with E-state index in [0.29, 0.717) is 36.4 Å². The van der Waals surface area contributed by atoms with E-state index in [4.69, 9.17) is 0 Å². The third-order valence-electron chi connectivity index (χ3n) is 6.01. The Bertz CT molecular complexity index is 1080. The average molecular weight is 414 g/mol. The molecule has 0 saturated carbocycles. The second-order valence-electron chi connectivity index (χ2n) is 8.29. The molecule has 2 N–H and O–H groups in total. The zero-order valence-electron chi connectivity index (χ0n) is 17.3. The number of carbonyl (C=O) groups excluding carboxylic acids is 1. The molecule has 2 heterocycles. The Morgan fingerprint density at radius 1 is 0.931 bits per heavy atom. The number of hydrogen-bond acceptors (Lipinski definition) is 4. The fourth-order valence-electron chi connectivity index (χ4n) is 4.64. The normalized spacial score (nSPS) is 18.8. The van der Waals surface area contributed by atoms with Crippen LogP contribution in [0.1, 0.15) is 45.5 Å². The van der Waals surface area contributed by atoms with Crippen molar-refractivity contribution < 1.29 is 13.2 Å². The average Bonchev–Trinajstić information content (AvgIpc) is 2.62. The Morgan fingerprint density at radius 2 is 1.55 bits per heavy atom. The molecular formula is C22H27N3O3S. The van der Waals surface area contributed by atoms with Crippen LogP contribution in [0.2, 0.25) is 0 Å². The van der Waals surface area contributed by atoms with Crippen molar-refractivity contribution in [1.29, 1.82) is 0 Å². The highest BCUT2D eigenvalue weighted by molar-refractivity contribution is 7.89. The quantitative estimate of drug-likeness (QED) is 0.792. The molecule has 2 aromatic rings. The van der Waals surface area contributed by atoms with Crippen molar-refractivity contribution in [3.05, 3.63) is 58.1 Å². The van der Waals surface area contributed by atoms with Gasteiger partial charge in [0.15, 0.2) is 0 Å². The summed E-state index contributed by atoms with van der Waals surface area (Å²) in [5.41, 5.74) is 4.49. The summed E-state index contributed by atoms with van der Waals surface area (Å²) in [6.07, 6.45) is 1.02. The smallest absolute Gasteiger partial charge is 0.255 e. The molecule has 0 aromatic heterocycles. The van der Waals surface area contributed by atoms with E-state index in [0.717, 1.165) is 27.9 Å². The lowest BCUT2D eigenvalue weighted by molar-refractivity contribution is 0.0865. The summed E-state index contributed by atoms with van der Waals surface area (Å²) in [4.78, 5) is 13.1. The monoisotopic (exact) mass is 413 g/mol. The van der Waals surface area contributed by atoms with Gasteiger partial charge in [-0.25, -0.2) is 8.42 Å². The molecule has 2 aromatic carbocycles. The Kier molecular flexibility index (Phi) is 4.70. The maximum absolute atomic E-state index is 13.3. The van der Waals surface area contributed by atoms with Crippen molar-refractivity contribution in [2.24, 2.45) is 0 Å². The summed E-state index contributed by atoms with van der Waals surface area (Å²) in [7, 11) is -3.58. The van der Waals surface area contributed by atoms with Gasteiger partial charge in [0.25, 0.3) is 5.91 Å².